The highest BCUT2D eigenvalue weighted by Gasteiger charge is 2.25. The number of carbonyl (C=O) groups excluding carboxylic acids is 1. The van der Waals surface area contributed by atoms with Crippen molar-refractivity contribution < 1.29 is 4.79 Å². The summed E-state index contributed by atoms with van der Waals surface area (Å²) in [6, 6.07) is 20.4. The molecule has 0 spiro atoms. The SMILES string of the molecule is Cc1nc(C)c(C(C)N(C)C(=O)c2cc3ccccc3n2Cc2ccccc2)s1. The van der Waals surface area contributed by atoms with E-state index in [9.17, 15) is 4.79 Å². The van der Waals surface area contributed by atoms with Crippen molar-refractivity contribution in [1.29, 1.82) is 0 Å². The van der Waals surface area contributed by atoms with E-state index in [0.717, 1.165) is 26.5 Å². The molecule has 1 unspecified atom stereocenters. The van der Waals surface area contributed by atoms with E-state index in [1.807, 2.05) is 62.2 Å². The molecule has 0 aliphatic carbocycles. The molecule has 4 aromatic rings. The summed E-state index contributed by atoms with van der Waals surface area (Å²) in [5.74, 6) is 0.0232. The molecule has 0 fully saturated rings. The Labute approximate surface area is 175 Å². The summed E-state index contributed by atoms with van der Waals surface area (Å²) in [4.78, 5) is 21.0. The number of fused-ring (bicyclic) bond motifs is 1. The number of hydrogen-bond acceptors (Lipinski definition) is 3. The summed E-state index contributed by atoms with van der Waals surface area (Å²) in [5.41, 5.74) is 3.96. The predicted molar refractivity (Wildman–Crippen MR) is 120 cm³/mol. The number of amides is 1. The highest BCUT2D eigenvalue weighted by Crippen LogP contribution is 2.30. The second-order valence-electron chi connectivity index (χ2n) is 7.43. The van der Waals surface area contributed by atoms with Gasteiger partial charge in [-0.25, -0.2) is 4.98 Å². The lowest BCUT2D eigenvalue weighted by atomic mass is 10.2. The van der Waals surface area contributed by atoms with Crippen LogP contribution in [0.1, 0.15) is 44.6 Å². The fourth-order valence-corrected chi connectivity index (χ4v) is 4.81. The molecular weight excluding hydrogens is 378 g/mol. The maximum Gasteiger partial charge on any atom is 0.270 e. The monoisotopic (exact) mass is 403 g/mol. The van der Waals surface area contributed by atoms with Gasteiger partial charge in [-0.05, 0) is 38.5 Å². The molecule has 0 N–H and O–H groups in total. The van der Waals surface area contributed by atoms with Gasteiger partial charge in [0.05, 0.1) is 16.7 Å². The zero-order valence-electron chi connectivity index (χ0n) is 17.2. The Balaban J connectivity index is 1.73. The molecule has 2 aromatic carbocycles. The second-order valence-corrected chi connectivity index (χ2v) is 8.67. The van der Waals surface area contributed by atoms with Crippen molar-refractivity contribution in [2.75, 3.05) is 7.05 Å². The van der Waals surface area contributed by atoms with Crippen LogP contribution in [0.25, 0.3) is 10.9 Å². The minimum absolute atomic E-state index is 0.0232. The Hall–Kier alpha value is -2.92. The summed E-state index contributed by atoms with van der Waals surface area (Å²) in [7, 11) is 1.88. The molecule has 29 heavy (non-hydrogen) atoms. The Morgan fingerprint density at radius 1 is 1.10 bits per heavy atom. The van der Waals surface area contributed by atoms with E-state index in [1.54, 1.807) is 11.3 Å². The molecule has 0 radical (unpaired) electrons. The number of aryl methyl sites for hydroxylation is 2. The summed E-state index contributed by atoms with van der Waals surface area (Å²) < 4.78 is 2.13. The predicted octanol–water partition coefficient (Wildman–Crippen LogP) is 5.60. The van der Waals surface area contributed by atoms with Crippen molar-refractivity contribution in [3.8, 4) is 0 Å². The van der Waals surface area contributed by atoms with Crippen LogP contribution in [0.2, 0.25) is 0 Å². The molecule has 0 saturated carbocycles. The zero-order chi connectivity index (χ0) is 20.5. The Kier molecular flexibility index (Phi) is 5.24. The third-order valence-corrected chi connectivity index (χ3v) is 6.68. The van der Waals surface area contributed by atoms with E-state index >= 15 is 0 Å². The first kappa shape index (κ1) is 19.4. The Morgan fingerprint density at radius 2 is 1.79 bits per heavy atom. The molecule has 0 bridgehead atoms. The van der Waals surface area contributed by atoms with Gasteiger partial charge in [0.2, 0.25) is 0 Å². The summed E-state index contributed by atoms with van der Waals surface area (Å²) in [6.07, 6.45) is 0. The summed E-state index contributed by atoms with van der Waals surface area (Å²) in [6.45, 7) is 6.76. The van der Waals surface area contributed by atoms with Crippen molar-refractivity contribution in [3.63, 3.8) is 0 Å². The van der Waals surface area contributed by atoms with Crippen molar-refractivity contribution in [2.45, 2.75) is 33.4 Å². The van der Waals surface area contributed by atoms with Gasteiger partial charge < -0.3 is 9.47 Å². The topological polar surface area (TPSA) is 38.1 Å². The number of para-hydroxylation sites is 1. The van der Waals surface area contributed by atoms with E-state index in [4.69, 9.17) is 0 Å². The second kappa shape index (κ2) is 7.84. The van der Waals surface area contributed by atoms with Crippen LogP contribution in [-0.4, -0.2) is 27.4 Å². The molecule has 0 aliphatic heterocycles. The zero-order valence-corrected chi connectivity index (χ0v) is 18.0. The van der Waals surface area contributed by atoms with Gasteiger partial charge in [-0.15, -0.1) is 11.3 Å². The van der Waals surface area contributed by atoms with Crippen LogP contribution in [0.5, 0.6) is 0 Å². The first-order valence-corrected chi connectivity index (χ1v) is 10.6. The smallest absolute Gasteiger partial charge is 0.270 e. The molecule has 5 heteroatoms. The molecular formula is C24H25N3OS. The van der Waals surface area contributed by atoms with Gasteiger partial charge in [0.1, 0.15) is 5.69 Å². The lowest BCUT2D eigenvalue weighted by molar-refractivity contribution is 0.0734. The first-order chi connectivity index (χ1) is 14.0. The highest BCUT2D eigenvalue weighted by atomic mass is 32.1. The van der Waals surface area contributed by atoms with Gasteiger partial charge in [-0.3, -0.25) is 4.79 Å². The van der Waals surface area contributed by atoms with E-state index < -0.39 is 0 Å². The van der Waals surface area contributed by atoms with E-state index in [0.29, 0.717) is 12.2 Å². The van der Waals surface area contributed by atoms with Crippen molar-refractivity contribution in [2.24, 2.45) is 0 Å². The maximum absolute atomic E-state index is 13.5. The van der Waals surface area contributed by atoms with Gasteiger partial charge >= 0.3 is 0 Å². The molecule has 1 amide bonds. The number of benzene rings is 2. The molecule has 4 rings (SSSR count). The van der Waals surface area contributed by atoms with E-state index in [1.165, 1.54) is 5.56 Å². The summed E-state index contributed by atoms with van der Waals surface area (Å²) >= 11 is 1.66. The summed E-state index contributed by atoms with van der Waals surface area (Å²) in [5, 5.41) is 2.11. The van der Waals surface area contributed by atoms with Gasteiger partial charge in [0.15, 0.2) is 0 Å². The standard InChI is InChI=1S/C24H25N3OS/c1-16-23(29-18(3)25-16)17(2)26(4)24(28)22-14-20-12-8-9-13-21(20)27(22)15-19-10-6-5-7-11-19/h5-14,17H,15H2,1-4H3. The fraction of sp³-hybridized carbons (Fsp3) is 0.250. The third kappa shape index (κ3) is 3.70. The van der Waals surface area contributed by atoms with Crippen molar-refractivity contribution in [3.05, 3.63) is 87.5 Å². The Bertz CT molecular complexity index is 1160. The molecule has 0 saturated heterocycles. The van der Waals surface area contributed by atoms with Crippen LogP contribution in [0.3, 0.4) is 0 Å². The van der Waals surface area contributed by atoms with E-state index in [-0.39, 0.29) is 11.9 Å². The molecule has 4 nitrogen and oxygen atoms in total. The lowest BCUT2D eigenvalue weighted by Crippen LogP contribution is -2.31. The van der Waals surface area contributed by atoms with Crippen LogP contribution >= 0.6 is 11.3 Å². The quantitative estimate of drug-likeness (QED) is 0.435. The van der Waals surface area contributed by atoms with Gasteiger partial charge in [-0.2, -0.15) is 0 Å². The van der Waals surface area contributed by atoms with Crippen LogP contribution in [0.15, 0.2) is 60.7 Å². The van der Waals surface area contributed by atoms with Gasteiger partial charge in [-0.1, -0.05) is 48.5 Å². The fourth-order valence-electron chi connectivity index (χ4n) is 3.79. The third-order valence-electron chi connectivity index (χ3n) is 5.43. The minimum atomic E-state index is -0.0307. The average molecular weight is 404 g/mol. The molecule has 148 valence electrons. The van der Waals surface area contributed by atoms with E-state index in [2.05, 4.69) is 40.7 Å². The lowest BCUT2D eigenvalue weighted by Gasteiger charge is -2.25. The minimum Gasteiger partial charge on any atom is -0.333 e. The molecule has 0 aliphatic rings. The number of thiazole rings is 1. The average Bonchev–Trinajstić information content (AvgIpc) is 3.26. The Morgan fingerprint density at radius 3 is 2.48 bits per heavy atom. The van der Waals surface area contributed by atoms with Gasteiger partial charge in [0.25, 0.3) is 5.91 Å². The van der Waals surface area contributed by atoms with Crippen LogP contribution in [-0.2, 0) is 6.54 Å². The van der Waals surface area contributed by atoms with Crippen LogP contribution in [0, 0.1) is 13.8 Å². The van der Waals surface area contributed by atoms with Crippen molar-refractivity contribution in [1.82, 2.24) is 14.5 Å². The normalized spacial score (nSPS) is 12.3. The van der Waals surface area contributed by atoms with Crippen LogP contribution < -0.4 is 0 Å². The largest absolute Gasteiger partial charge is 0.333 e. The highest BCUT2D eigenvalue weighted by molar-refractivity contribution is 7.11. The molecule has 2 aromatic heterocycles. The number of hydrogen-bond donors (Lipinski definition) is 0. The number of carbonyl (C=O) groups is 1. The van der Waals surface area contributed by atoms with Crippen LogP contribution in [0.4, 0.5) is 0 Å². The molecule has 1 atom stereocenters. The number of nitrogens with zero attached hydrogens (tertiary/aromatic N) is 3. The number of rotatable bonds is 5. The molecule has 2 heterocycles. The van der Waals surface area contributed by atoms with Crippen molar-refractivity contribution >= 4 is 28.1 Å². The number of aromatic nitrogens is 2. The van der Waals surface area contributed by atoms with Gasteiger partial charge in [0, 0.05) is 29.4 Å². The first-order valence-electron chi connectivity index (χ1n) is 9.79. The maximum atomic E-state index is 13.5.